The lowest BCUT2D eigenvalue weighted by Gasteiger charge is -2.31. The van der Waals surface area contributed by atoms with E-state index in [4.69, 9.17) is 0 Å². The van der Waals surface area contributed by atoms with Gasteiger partial charge in [0.25, 0.3) is 0 Å². The number of fused-ring (bicyclic) bond motifs is 1. The molecule has 0 bridgehead atoms. The molecule has 2 unspecified atom stereocenters. The Morgan fingerprint density at radius 3 is 2.67 bits per heavy atom. The number of nitrogens with one attached hydrogen (secondary N) is 1. The predicted molar refractivity (Wildman–Crippen MR) is 76.7 cm³/mol. The van der Waals surface area contributed by atoms with Crippen molar-refractivity contribution >= 4 is 0 Å². The van der Waals surface area contributed by atoms with Crippen LogP contribution < -0.4 is 5.32 Å². The van der Waals surface area contributed by atoms with E-state index in [0.29, 0.717) is 12.1 Å². The fraction of sp³-hybridized carbons (Fsp3) is 0.647. The third-order valence-corrected chi connectivity index (χ3v) is 4.94. The van der Waals surface area contributed by atoms with Crippen molar-refractivity contribution in [3.63, 3.8) is 0 Å². The molecule has 2 aliphatic rings. The van der Waals surface area contributed by atoms with E-state index in [1.54, 1.807) is 11.1 Å². The first kappa shape index (κ1) is 12.2. The highest BCUT2D eigenvalue weighted by Gasteiger charge is 2.26. The SMILES string of the molecule is CC(NC1CCCc2ccccc21)C1CCCC1. The van der Waals surface area contributed by atoms with Gasteiger partial charge in [0.1, 0.15) is 0 Å². The van der Waals surface area contributed by atoms with Crippen LogP contribution in [0.1, 0.15) is 62.6 Å². The van der Waals surface area contributed by atoms with Crippen LogP contribution in [-0.4, -0.2) is 6.04 Å². The summed E-state index contributed by atoms with van der Waals surface area (Å²) in [7, 11) is 0. The number of hydrogen-bond acceptors (Lipinski definition) is 1. The van der Waals surface area contributed by atoms with Crippen LogP contribution in [0.15, 0.2) is 24.3 Å². The van der Waals surface area contributed by atoms with Crippen LogP contribution >= 0.6 is 0 Å². The summed E-state index contributed by atoms with van der Waals surface area (Å²) >= 11 is 0. The molecule has 0 heterocycles. The zero-order valence-corrected chi connectivity index (χ0v) is 11.5. The van der Waals surface area contributed by atoms with E-state index >= 15 is 0 Å². The van der Waals surface area contributed by atoms with Gasteiger partial charge in [0.2, 0.25) is 0 Å². The highest BCUT2D eigenvalue weighted by atomic mass is 15.0. The molecule has 0 amide bonds. The third kappa shape index (κ3) is 2.47. The first-order valence-electron chi connectivity index (χ1n) is 7.68. The summed E-state index contributed by atoms with van der Waals surface area (Å²) in [6.45, 7) is 2.40. The van der Waals surface area contributed by atoms with E-state index in [2.05, 4.69) is 36.5 Å². The lowest BCUT2D eigenvalue weighted by Crippen LogP contribution is -2.36. The molecule has 1 saturated carbocycles. The maximum Gasteiger partial charge on any atom is 0.0325 e. The van der Waals surface area contributed by atoms with E-state index in [1.165, 1.54) is 44.9 Å². The summed E-state index contributed by atoms with van der Waals surface area (Å²) in [5.74, 6) is 0.916. The lowest BCUT2D eigenvalue weighted by atomic mass is 9.86. The predicted octanol–water partition coefficient (Wildman–Crippen LogP) is 4.23. The monoisotopic (exact) mass is 243 g/mol. The summed E-state index contributed by atoms with van der Waals surface area (Å²) in [6, 6.07) is 10.3. The van der Waals surface area contributed by atoms with Crippen LogP contribution in [0.5, 0.6) is 0 Å². The highest BCUT2D eigenvalue weighted by Crippen LogP contribution is 2.33. The topological polar surface area (TPSA) is 12.0 Å². The maximum atomic E-state index is 3.92. The normalized spacial score (nSPS) is 25.9. The van der Waals surface area contributed by atoms with Crippen molar-refractivity contribution in [2.24, 2.45) is 5.92 Å². The zero-order valence-electron chi connectivity index (χ0n) is 11.5. The summed E-state index contributed by atoms with van der Waals surface area (Å²) in [5, 5.41) is 3.92. The van der Waals surface area contributed by atoms with Gasteiger partial charge in [-0.15, -0.1) is 0 Å². The number of aryl methyl sites for hydroxylation is 1. The van der Waals surface area contributed by atoms with Gasteiger partial charge in [-0.1, -0.05) is 37.1 Å². The van der Waals surface area contributed by atoms with Crippen molar-refractivity contribution in [2.45, 2.75) is 64.0 Å². The molecule has 0 aliphatic heterocycles. The second kappa shape index (κ2) is 5.44. The van der Waals surface area contributed by atoms with Gasteiger partial charge >= 0.3 is 0 Å². The minimum atomic E-state index is 0.602. The molecule has 1 aromatic rings. The van der Waals surface area contributed by atoms with Gasteiger partial charge in [0.05, 0.1) is 0 Å². The Labute approximate surface area is 111 Å². The summed E-state index contributed by atoms with van der Waals surface area (Å²) in [4.78, 5) is 0. The van der Waals surface area contributed by atoms with E-state index in [1.807, 2.05) is 0 Å². The van der Waals surface area contributed by atoms with Crippen molar-refractivity contribution in [2.75, 3.05) is 0 Å². The highest BCUT2D eigenvalue weighted by molar-refractivity contribution is 5.32. The first-order valence-corrected chi connectivity index (χ1v) is 7.68. The standard InChI is InChI=1S/C17H25N/c1-13(14-7-2-3-8-14)18-17-12-6-10-15-9-4-5-11-16(15)17/h4-5,9,11,13-14,17-18H,2-3,6-8,10,12H2,1H3. The van der Waals surface area contributed by atoms with Gasteiger partial charge in [-0.05, 0) is 56.1 Å². The fourth-order valence-electron chi connectivity index (χ4n) is 3.84. The van der Waals surface area contributed by atoms with Crippen LogP contribution in [0.25, 0.3) is 0 Å². The second-order valence-electron chi connectivity index (χ2n) is 6.14. The fourth-order valence-corrected chi connectivity index (χ4v) is 3.84. The minimum absolute atomic E-state index is 0.602. The number of hydrogen-bond donors (Lipinski definition) is 1. The summed E-state index contributed by atoms with van der Waals surface area (Å²) < 4.78 is 0. The van der Waals surface area contributed by atoms with E-state index in [0.717, 1.165) is 5.92 Å². The molecule has 98 valence electrons. The molecule has 3 rings (SSSR count). The molecule has 2 aliphatic carbocycles. The third-order valence-electron chi connectivity index (χ3n) is 4.94. The lowest BCUT2D eigenvalue weighted by molar-refractivity contribution is 0.324. The molecule has 1 heteroatoms. The molecule has 1 N–H and O–H groups in total. The molecule has 0 saturated heterocycles. The van der Waals surface area contributed by atoms with Gasteiger partial charge < -0.3 is 5.32 Å². The Morgan fingerprint density at radius 2 is 1.83 bits per heavy atom. The van der Waals surface area contributed by atoms with Crippen LogP contribution in [0.2, 0.25) is 0 Å². The maximum absolute atomic E-state index is 3.92. The minimum Gasteiger partial charge on any atom is -0.307 e. The van der Waals surface area contributed by atoms with Crippen molar-refractivity contribution < 1.29 is 0 Å². The number of benzene rings is 1. The molecule has 0 radical (unpaired) electrons. The van der Waals surface area contributed by atoms with Crippen LogP contribution in [0, 0.1) is 5.92 Å². The molecule has 0 spiro atoms. The van der Waals surface area contributed by atoms with Crippen molar-refractivity contribution in [1.29, 1.82) is 0 Å². The van der Waals surface area contributed by atoms with Crippen LogP contribution in [0.4, 0.5) is 0 Å². The van der Waals surface area contributed by atoms with E-state index < -0.39 is 0 Å². The average Bonchev–Trinajstić information content (AvgIpc) is 2.93. The van der Waals surface area contributed by atoms with Crippen LogP contribution in [-0.2, 0) is 6.42 Å². The van der Waals surface area contributed by atoms with Gasteiger partial charge in [0, 0.05) is 12.1 Å². The molecule has 18 heavy (non-hydrogen) atoms. The Hall–Kier alpha value is -0.820. The van der Waals surface area contributed by atoms with Crippen molar-refractivity contribution in [3.8, 4) is 0 Å². The van der Waals surface area contributed by atoms with Crippen molar-refractivity contribution in [1.82, 2.24) is 5.32 Å². The first-order chi connectivity index (χ1) is 8.84. The average molecular weight is 243 g/mol. The Morgan fingerprint density at radius 1 is 1.06 bits per heavy atom. The Balaban J connectivity index is 1.70. The van der Waals surface area contributed by atoms with Crippen molar-refractivity contribution in [3.05, 3.63) is 35.4 Å². The van der Waals surface area contributed by atoms with Gasteiger partial charge in [-0.25, -0.2) is 0 Å². The zero-order chi connectivity index (χ0) is 12.4. The Kier molecular flexibility index (Phi) is 3.69. The summed E-state index contributed by atoms with van der Waals surface area (Å²) in [6.07, 6.45) is 9.67. The molecule has 1 nitrogen and oxygen atoms in total. The van der Waals surface area contributed by atoms with Gasteiger partial charge in [0.15, 0.2) is 0 Å². The van der Waals surface area contributed by atoms with E-state index in [-0.39, 0.29) is 0 Å². The second-order valence-corrected chi connectivity index (χ2v) is 6.14. The smallest absolute Gasteiger partial charge is 0.0325 e. The quantitative estimate of drug-likeness (QED) is 0.837. The van der Waals surface area contributed by atoms with Gasteiger partial charge in [-0.2, -0.15) is 0 Å². The van der Waals surface area contributed by atoms with Crippen LogP contribution in [0.3, 0.4) is 0 Å². The molecule has 2 atom stereocenters. The summed E-state index contributed by atoms with van der Waals surface area (Å²) in [5.41, 5.74) is 3.13. The molecular weight excluding hydrogens is 218 g/mol. The Bertz CT molecular complexity index is 392. The largest absolute Gasteiger partial charge is 0.307 e. The van der Waals surface area contributed by atoms with E-state index in [9.17, 15) is 0 Å². The van der Waals surface area contributed by atoms with Gasteiger partial charge in [-0.3, -0.25) is 0 Å². The molecule has 0 aromatic heterocycles. The molecule has 1 aromatic carbocycles. The molecule has 1 fully saturated rings. The number of rotatable bonds is 3. The molecular formula is C17H25N.